The first kappa shape index (κ1) is 11.7. The van der Waals surface area contributed by atoms with Gasteiger partial charge in [0.05, 0.1) is 23.3 Å². The average molecular weight is 234 g/mol. The molecule has 86 valence electrons. The molecule has 0 unspecified atom stereocenters. The van der Waals surface area contributed by atoms with Crippen molar-refractivity contribution < 1.29 is 4.74 Å². The fraction of sp³-hybridized carbons (Fsp3) is 0.0667. The molecule has 0 saturated carbocycles. The van der Waals surface area contributed by atoms with Crippen LogP contribution in [0.4, 0.5) is 0 Å². The molecule has 0 N–H and O–H groups in total. The molecule has 0 radical (unpaired) electrons. The van der Waals surface area contributed by atoms with Gasteiger partial charge >= 0.3 is 0 Å². The topological polar surface area (TPSA) is 56.8 Å². The molecule has 2 aromatic rings. The van der Waals surface area contributed by atoms with Crippen LogP contribution in [0.1, 0.15) is 16.7 Å². The molecular formula is C15H10N2O. The summed E-state index contributed by atoms with van der Waals surface area (Å²) in [6.45, 7) is 0.417. The van der Waals surface area contributed by atoms with E-state index in [4.69, 9.17) is 15.3 Å². The standard InChI is InChI=1S/C15H10N2O/c16-9-12-4-6-13(7-5-12)11-18-15-3-1-2-14(8-15)10-17/h1-8H,11H2. The second kappa shape index (κ2) is 5.52. The molecule has 0 aromatic heterocycles. The van der Waals surface area contributed by atoms with Crippen LogP contribution in [0.25, 0.3) is 0 Å². The van der Waals surface area contributed by atoms with Crippen LogP contribution in [-0.4, -0.2) is 0 Å². The minimum absolute atomic E-state index is 0.417. The average Bonchev–Trinajstić information content (AvgIpc) is 2.46. The maximum Gasteiger partial charge on any atom is 0.121 e. The number of benzene rings is 2. The van der Waals surface area contributed by atoms with Crippen molar-refractivity contribution in [2.75, 3.05) is 0 Å². The number of ether oxygens (including phenoxy) is 1. The summed E-state index contributed by atoms with van der Waals surface area (Å²) in [6, 6.07) is 18.4. The highest BCUT2D eigenvalue weighted by atomic mass is 16.5. The van der Waals surface area contributed by atoms with Crippen molar-refractivity contribution in [3.63, 3.8) is 0 Å². The van der Waals surface area contributed by atoms with Crippen molar-refractivity contribution in [3.05, 3.63) is 65.2 Å². The van der Waals surface area contributed by atoms with Crippen LogP contribution in [-0.2, 0) is 6.61 Å². The van der Waals surface area contributed by atoms with Crippen LogP contribution in [0.3, 0.4) is 0 Å². The number of nitriles is 2. The van der Waals surface area contributed by atoms with Crippen LogP contribution in [0, 0.1) is 22.7 Å². The Hall–Kier alpha value is -2.78. The van der Waals surface area contributed by atoms with E-state index in [-0.39, 0.29) is 0 Å². The molecule has 3 heteroatoms. The molecule has 0 aliphatic carbocycles. The van der Waals surface area contributed by atoms with Crippen LogP contribution >= 0.6 is 0 Å². The fourth-order valence-corrected chi connectivity index (χ4v) is 1.50. The van der Waals surface area contributed by atoms with Gasteiger partial charge in [0.15, 0.2) is 0 Å². The second-order valence-corrected chi connectivity index (χ2v) is 3.74. The summed E-state index contributed by atoms with van der Waals surface area (Å²) in [7, 11) is 0. The number of hydrogen-bond acceptors (Lipinski definition) is 3. The van der Waals surface area contributed by atoms with E-state index in [1.54, 1.807) is 30.3 Å². The molecule has 0 bridgehead atoms. The van der Waals surface area contributed by atoms with Crippen LogP contribution in [0.2, 0.25) is 0 Å². The van der Waals surface area contributed by atoms with E-state index >= 15 is 0 Å². The van der Waals surface area contributed by atoms with E-state index in [1.165, 1.54) is 0 Å². The first-order valence-electron chi connectivity index (χ1n) is 5.44. The lowest BCUT2D eigenvalue weighted by Crippen LogP contribution is -1.95. The van der Waals surface area contributed by atoms with Gasteiger partial charge < -0.3 is 4.74 Å². The SMILES string of the molecule is N#Cc1ccc(COc2cccc(C#N)c2)cc1. The van der Waals surface area contributed by atoms with Crippen molar-refractivity contribution in [1.29, 1.82) is 10.5 Å². The van der Waals surface area contributed by atoms with E-state index < -0.39 is 0 Å². The van der Waals surface area contributed by atoms with Crippen molar-refractivity contribution in [2.45, 2.75) is 6.61 Å². The molecule has 0 aliphatic rings. The van der Waals surface area contributed by atoms with Crippen molar-refractivity contribution >= 4 is 0 Å². The third-order valence-electron chi connectivity index (χ3n) is 2.45. The van der Waals surface area contributed by atoms with Crippen LogP contribution in [0.15, 0.2) is 48.5 Å². The summed E-state index contributed by atoms with van der Waals surface area (Å²) in [5.74, 6) is 0.665. The Morgan fingerprint density at radius 1 is 0.889 bits per heavy atom. The second-order valence-electron chi connectivity index (χ2n) is 3.74. The first-order valence-corrected chi connectivity index (χ1v) is 5.44. The van der Waals surface area contributed by atoms with Crippen LogP contribution in [0.5, 0.6) is 5.75 Å². The third kappa shape index (κ3) is 2.87. The van der Waals surface area contributed by atoms with Gasteiger partial charge in [-0.15, -0.1) is 0 Å². The lowest BCUT2D eigenvalue weighted by molar-refractivity contribution is 0.306. The predicted octanol–water partition coefficient (Wildman–Crippen LogP) is 3.01. The smallest absolute Gasteiger partial charge is 0.121 e. The molecule has 2 aromatic carbocycles. The van der Waals surface area contributed by atoms with Gasteiger partial charge in [-0.25, -0.2) is 0 Å². The molecule has 0 atom stereocenters. The molecule has 0 amide bonds. The highest BCUT2D eigenvalue weighted by Crippen LogP contribution is 2.14. The normalized spacial score (nSPS) is 9.22. The lowest BCUT2D eigenvalue weighted by Gasteiger charge is -2.06. The molecule has 0 fully saturated rings. The Bertz CT molecular complexity index is 618. The van der Waals surface area contributed by atoms with E-state index in [1.807, 2.05) is 18.2 Å². The predicted molar refractivity (Wildman–Crippen MR) is 66.6 cm³/mol. The largest absolute Gasteiger partial charge is 0.489 e. The van der Waals surface area contributed by atoms with Crippen molar-refractivity contribution in [1.82, 2.24) is 0 Å². The van der Waals surface area contributed by atoms with Gasteiger partial charge in [0.2, 0.25) is 0 Å². The van der Waals surface area contributed by atoms with Gasteiger partial charge in [-0.2, -0.15) is 10.5 Å². The molecular weight excluding hydrogens is 224 g/mol. The molecule has 0 heterocycles. The van der Waals surface area contributed by atoms with Gasteiger partial charge in [-0.1, -0.05) is 18.2 Å². The Morgan fingerprint density at radius 2 is 1.61 bits per heavy atom. The molecule has 0 saturated heterocycles. The Labute approximate surface area is 105 Å². The lowest BCUT2D eigenvalue weighted by atomic mass is 10.1. The molecule has 0 spiro atoms. The Morgan fingerprint density at radius 3 is 2.28 bits per heavy atom. The van der Waals surface area contributed by atoms with E-state index in [2.05, 4.69) is 12.1 Å². The summed E-state index contributed by atoms with van der Waals surface area (Å²) >= 11 is 0. The van der Waals surface area contributed by atoms with Gasteiger partial charge in [0.1, 0.15) is 12.4 Å². The summed E-state index contributed by atoms with van der Waals surface area (Å²) in [6.07, 6.45) is 0. The highest BCUT2D eigenvalue weighted by Gasteiger charge is 1.98. The number of hydrogen-bond donors (Lipinski definition) is 0. The van der Waals surface area contributed by atoms with Crippen molar-refractivity contribution in [3.8, 4) is 17.9 Å². The van der Waals surface area contributed by atoms with E-state index in [9.17, 15) is 0 Å². The quantitative estimate of drug-likeness (QED) is 0.820. The zero-order valence-electron chi connectivity index (χ0n) is 9.63. The Kier molecular flexibility index (Phi) is 3.59. The van der Waals surface area contributed by atoms with Gasteiger partial charge in [-0.3, -0.25) is 0 Å². The molecule has 2 rings (SSSR count). The maximum atomic E-state index is 8.77. The summed E-state index contributed by atoms with van der Waals surface area (Å²) in [5, 5.41) is 17.5. The molecule has 3 nitrogen and oxygen atoms in total. The van der Waals surface area contributed by atoms with Crippen LogP contribution < -0.4 is 4.74 Å². The summed E-state index contributed by atoms with van der Waals surface area (Å²) < 4.78 is 5.57. The highest BCUT2D eigenvalue weighted by molar-refractivity contribution is 5.36. The van der Waals surface area contributed by atoms with Gasteiger partial charge in [0.25, 0.3) is 0 Å². The number of nitrogens with zero attached hydrogens (tertiary/aromatic N) is 2. The van der Waals surface area contributed by atoms with Gasteiger partial charge in [0, 0.05) is 0 Å². The minimum atomic E-state index is 0.417. The zero-order valence-corrected chi connectivity index (χ0v) is 9.63. The Balaban J connectivity index is 2.02. The zero-order chi connectivity index (χ0) is 12.8. The fourth-order valence-electron chi connectivity index (χ4n) is 1.50. The monoisotopic (exact) mass is 234 g/mol. The molecule has 0 aliphatic heterocycles. The third-order valence-corrected chi connectivity index (χ3v) is 2.45. The van der Waals surface area contributed by atoms with Crippen molar-refractivity contribution in [2.24, 2.45) is 0 Å². The molecule has 18 heavy (non-hydrogen) atoms. The maximum absolute atomic E-state index is 8.77. The van der Waals surface area contributed by atoms with E-state index in [0.717, 1.165) is 5.56 Å². The van der Waals surface area contributed by atoms with Gasteiger partial charge in [-0.05, 0) is 35.9 Å². The first-order chi connectivity index (χ1) is 8.81. The summed E-state index contributed by atoms with van der Waals surface area (Å²) in [4.78, 5) is 0. The minimum Gasteiger partial charge on any atom is -0.489 e. The van der Waals surface area contributed by atoms with E-state index in [0.29, 0.717) is 23.5 Å². The summed E-state index contributed by atoms with van der Waals surface area (Å²) in [5.41, 5.74) is 2.19. The number of rotatable bonds is 3.